The van der Waals surface area contributed by atoms with Crippen molar-refractivity contribution in [1.29, 1.82) is 0 Å². The van der Waals surface area contributed by atoms with Gasteiger partial charge in [0.15, 0.2) is 11.5 Å². The van der Waals surface area contributed by atoms with E-state index in [0.29, 0.717) is 24.4 Å². The monoisotopic (exact) mass is 329 g/mol. The molecule has 1 aliphatic rings. The van der Waals surface area contributed by atoms with Gasteiger partial charge in [-0.3, -0.25) is 9.48 Å². The molecule has 0 atom stereocenters. The van der Waals surface area contributed by atoms with Crippen LogP contribution in [0.3, 0.4) is 0 Å². The minimum Gasteiger partial charge on any atom is -0.493 e. The van der Waals surface area contributed by atoms with Gasteiger partial charge in [0.25, 0.3) is 5.91 Å². The van der Waals surface area contributed by atoms with E-state index in [-0.39, 0.29) is 5.91 Å². The van der Waals surface area contributed by atoms with Crippen molar-refractivity contribution < 1.29 is 14.3 Å². The molecule has 1 aliphatic heterocycles. The van der Waals surface area contributed by atoms with E-state index in [4.69, 9.17) is 9.47 Å². The van der Waals surface area contributed by atoms with Crippen LogP contribution in [-0.2, 0) is 20.0 Å². The van der Waals surface area contributed by atoms with E-state index in [1.54, 1.807) is 18.9 Å². The van der Waals surface area contributed by atoms with E-state index in [1.165, 1.54) is 5.56 Å². The van der Waals surface area contributed by atoms with Crippen LogP contribution in [0.15, 0.2) is 12.1 Å². The summed E-state index contributed by atoms with van der Waals surface area (Å²) in [6.07, 6.45) is 0.805. The van der Waals surface area contributed by atoms with E-state index in [2.05, 4.69) is 5.10 Å². The highest BCUT2D eigenvalue weighted by molar-refractivity contribution is 5.96. The molecule has 6 nitrogen and oxygen atoms in total. The van der Waals surface area contributed by atoms with Crippen LogP contribution in [0.5, 0.6) is 11.5 Å². The van der Waals surface area contributed by atoms with Crippen molar-refractivity contribution >= 4 is 5.91 Å². The Morgan fingerprint density at radius 2 is 1.75 bits per heavy atom. The topological polar surface area (TPSA) is 56.6 Å². The molecule has 0 aliphatic carbocycles. The van der Waals surface area contributed by atoms with Gasteiger partial charge in [-0.25, -0.2) is 0 Å². The molecule has 0 bridgehead atoms. The fraction of sp³-hybridized carbons (Fsp3) is 0.444. The number of carbonyl (C=O) groups excluding carboxylic acids is 1. The van der Waals surface area contributed by atoms with Crippen molar-refractivity contribution in [2.75, 3.05) is 20.8 Å². The fourth-order valence-electron chi connectivity index (χ4n) is 3.30. The van der Waals surface area contributed by atoms with Crippen molar-refractivity contribution in [3.05, 3.63) is 40.2 Å². The summed E-state index contributed by atoms with van der Waals surface area (Å²) in [6.45, 7) is 5.07. The molecule has 1 aromatic heterocycles. The molecule has 128 valence electrons. The van der Waals surface area contributed by atoms with Gasteiger partial charge in [0.05, 0.1) is 25.5 Å². The molecule has 6 heteroatoms. The maximum atomic E-state index is 13.0. The van der Waals surface area contributed by atoms with Crippen molar-refractivity contribution in [3.8, 4) is 11.5 Å². The standard InChI is InChI=1S/C18H23N3O3/c1-11-17(12(2)20(3)19-11)18(22)21-7-6-13-8-15(23-4)16(24-5)9-14(13)10-21/h8-9H,6-7,10H2,1-5H3. The van der Waals surface area contributed by atoms with E-state index in [9.17, 15) is 4.79 Å². The SMILES string of the molecule is COc1cc2c(cc1OC)CN(C(=O)c1c(C)nn(C)c1C)CC2. The molecule has 2 heterocycles. The number of aromatic nitrogens is 2. The van der Waals surface area contributed by atoms with Gasteiger partial charge in [0.2, 0.25) is 0 Å². The molecule has 0 radical (unpaired) electrons. The molecule has 1 amide bonds. The van der Waals surface area contributed by atoms with Crippen molar-refractivity contribution in [2.24, 2.45) is 7.05 Å². The second kappa shape index (κ2) is 6.19. The lowest BCUT2D eigenvalue weighted by atomic mass is 9.98. The summed E-state index contributed by atoms with van der Waals surface area (Å²) in [5, 5.41) is 4.35. The van der Waals surface area contributed by atoms with Crippen LogP contribution in [0, 0.1) is 13.8 Å². The summed E-state index contributed by atoms with van der Waals surface area (Å²) >= 11 is 0. The summed E-state index contributed by atoms with van der Waals surface area (Å²) in [6, 6.07) is 3.98. The highest BCUT2D eigenvalue weighted by Crippen LogP contribution is 2.33. The van der Waals surface area contributed by atoms with E-state index >= 15 is 0 Å². The highest BCUT2D eigenvalue weighted by atomic mass is 16.5. The molecular weight excluding hydrogens is 306 g/mol. The Morgan fingerprint density at radius 1 is 1.12 bits per heavy atom. The first-order chi connectivity index (χ1) is 11.5. The number of nitrogens with zero attached hydrogens (tertiary/aromatic N) is 3. The smallest absolute Gasteiger partial charge is 0.257 e. The highest BCUT2D eigenvalue weighted by Gasteiger charge is 2.27. The lowest BCUT2D eigenvalue weighted by molar-refractivity contribution is 0.0733. The normalized spacial score (nSPS) is 13.6. The summed E-state index contributed by atoms with van der Waals surface area (Å²) in [4.78, 5) is 14.8. The van der Waals surface area contributed by atoms with Gasteiger partial charge >= 0.3 is 0 Å². The number of hydrogen-bond donors (Lipinski definition) is 0. The van der Waals surface area contributed by atoms with E-state index < -0.39 is 0 Å². The summed E-state index contributed by atoms with van der Waals surface area (Å²) in [5.41, 5.74) is 4.69. The minimum absolute atomic E-state index is 0.0403. The number of hydrogen-bond acceptors (Lipinski definition) is 4. The largest absolute Gasteiger partial charge is 0.493 e. The summed E-state index contributed by atoms with van der Waals surface area (Å²) < 4.78 is 12.5. The summed E-state index contributed by atoms with van der Waals surface area (Å²) in [5.74, 6) is 1.47. The maximum Gasteiger partial charge on any atom is 0.257 e. The Hall–Kier alpha value is -2.50. The maximum absolute atomic E-state index is 13.0. The number of rotatable bonds is 3. The number of ether oxygens (including phenoxy) is 2. The molecule has 0 fully saturated rings. The van der Waals surface area contributed by atoms with E-state index in [0.717, 1.165) is 29.1 Å². The average molecular weight is 329 g/mol. The molecule has 0 unspecified atom stereocenters. The predicted molar refractivity (Wildman–Crippen MR) is 90.7 cm³/mol. The van der Waals surface area contributed by atoms with Crippen LogP contribution in [-0.4, -0.2) is 41.4 Å². The van der Waals surface area contributed by atoms with Gasteiger partial charge in [-0.1, -0.05) is 0 Å². The van der Waals surface area contributed by atoms with Gasteiger partial charge in [0.1, 0.15) is 0 Å². The van der Waals surface area contributed by atoms with Crippen molar-refractivity contribution in [3.63, 3.8) is 0 Å². The lowest BCUT2D eigenvalue weighted by Crippen LogP contribution is -2.36. The Morgan fingerprint density at radius 3 is 2.29 bits per heavy atom. The second-order valence-electron chi connectivity index (χ2n) is 6.12. The van der Waals surface area contributed by atoms with Gasteiger partial charge < -0.3 is 14.4 Å². The number of benzene rings is 1. The van der Waals surface area contributed by atoms with E-state index in [1.807, 2.05) is 37.9 Å². The van der Waals surface area contributed by atoms with Crippen LogP contribution in [0.1, 0.15) is 32.9 Å². The molecule has 0 N–H and O–H groups in total. The molecule has 0 spiro atoms. The molecule has 1 aromatic carbocycles. The zero-order valence-corrected chi connectivity index (χ0v) is 14.8. The van der Waals surface area contributed by atoms with Crippen molar-refractivity contribution in [2.45, 2.75) is 26.8 Å². The fourth-order valence-corrected chi connectivity index (χ4v) is 3.30. The first kappa shape index (κ1) is 16.4. The second-order valence-corrected chi connectivity index (χ2v) is 6.12. The van der Waals surface area contributed by atoms with Crippen LogP contribution in [0.2, 0.25) is 0 Å². The molecule has 24 heavy (non-hydrogen) atoms. The van der Waals surface area contributed by atoms with Crippen LogP contribution >= 0.6 is 0 Å². The number of methoxy groups -OCH3 is 2. The van der Waals surface area contributed by atoms with Crippen LogP contribution in [0.25, 0.3) is 0 Å². The summed E-state index contributed by atoms with van der Waals surface area (Å²) in [7, 11) is 5.12. The van der Waals surface area contributed by atoms with Crippen molar-refractivity contribution in [1.82, 2.24) is 14.7 Å². The third-order valence-electron chi connectivity index (χ3n) is 4.73. The van der Waals surface area contributed by atoms with Crippen LogP contribution in [0.4, 0.5) is 0 Å². The Labute approximate surface area is 142 Å². The third-order valence-corrected chi connectivity index (χ3v) is 4.73. The molecule has 0 saturated heterocycles. The van der Waals surface area contributed by atoms with Crippen LogP contribution < -0.4 is 9.47 Å². The van der Waals surface area contributed by atoms with Gasteiger partial charge in [-0.15, -0.1) is 0 Å². The quantitative estimate of drug-likeness (QED) is 0.867. The minimum atomic E-state index is 0.0403. The Kier molecular flexibility index (Phi) is 4.22. The Balaban J connectivity index is 1.91. The number of aryl methyl sites for hydroxylation is 2. The Bertz CT molecular complexity index is 795. The zero-order chi connectivity index (χ0) is 17.4. The molecular formula is C18H23N3O3. The number of fused-ring (bicyclic) bond motifs is 1. The number of carbonyl (C=O) groups is 1. The first-order valence-electron chi connectivity index (χ1n) is 7.99. The molecule has 0 saturated carbocycles. The van der Waals surface area contributed by atoms with Gasteiger partial charge in [-0.05, 0) is 43.5 Å². The molecule has 2 aromatic rings. The van der Waals surface area contributed by atoms with Gasteiger partial charge in [0, 0.05) is 25.8 Å². The average Bonchev–Trinajstić information content (AvgIpc) is 2.84. The first-order valence-corrected chi connectivity index (χ1v) is 7.99. The third kappa shape index (κ3) is 2.62. The van der Waals surface area contributed by atoms with Gasteiger partial charge in [-0.2, -0.15) is 5.10 Å². The molecule has 3 rings (SSSR count). The lowest BCUT2D eigenvalue weighted by Gasteiger charge is -2.29. The predicted octanol–water partition coefficient (Wildman–Crippen LogP) is 2.25. The zero-order valence-electron chi connectivity index (χ0n) is 14.8. The number of amides is 1.